The molecule has 2 aromatic carbocycles. The molecule has 3 rings (SSSR count). The molecule has 0 aliphatic carbocycles. The summed E-state index contributed by atoms with van der Waals surface area (Å²) >= 11 is 5.93. The Morgan fingerprint density at radius 1 is 1.15 bits per heavy atom. The van der Waals surface area contributed by atoms with Gasteiger partial charge in [0.05, 0.1) is 17.2 Å². The largest absolute Gasteiger partial charge is 0.345 e. The van der Waals surface area contributed by atoms with E-state index in [2.05, 4.69) is 10.3 Å². The lowest BCUT2D eigenvalue weighted by molar-refractivity contribution is -0.116. The van der Waals surface area contributed by atoms with Crippen LogP contribution in [0.15, 0.2) is 53.6 Å². The van der Waals surface area contributed by atoms with Crippen LogP contribution in [0, 0.1) is 0 Å². The topological polar surface area (TPSA) is 84.3 Å². The maximum Gasteiger partial charge on any atom is 0.261 e. The minimum absolute atomic E-state index is 0.125. The first-order valence-corrected chi connectivity index (χ1v) is 8.49. The van der Waals surface area contributed by atoms with Crippen LogP contribution >= 0.6 is 11.6 Å². The van der Waals surface area contributed by atoms with Gasteiger partial charge in [0, 0.05) is 30.4 Å². The van der Waals surface area contributed by atoms with E-state index in [1.54, 1.807) is 50.5 Å². The maximum atomic E-state index is 12.5. The number of aromatic nitrogens is 2. The first-order chi connectivity index (χ1) is 12.8. The fraction of sp³-hybridized carbons (Fsp3) is 0.158. The predicted molar refractivity (Wildman–Crippen MR) is 104 cm³/mol. The molecular formula is C19H17ClN4O3. The molecule has 27 heavy (non-hydrogen) atoms. The van der Waals surface area contributed by atoms with E-state index < -0.39 is 0 Å². The summed E-state index contributed by atoms with van der Waals surface area (Å²) in [6, 6.07) is 11.4. The Hall–Kier alpha value is -3.19. The van der Waals surface area contributed by atoms with E-state index >= 15 is 0 Å². The molecule has 1 aromatic heterocycles. The highest BCUT2D eigenvalue weighted by molar-refractivity contribution is 6.31. The molecular weight excluding hydrogens is 368 g/mol. The first-order valence-electron chi connectivity index (χ1n) is 8.11. The zero-order chi connectivity index (χ0) is 19.6. The number of benzene rings is 2. The standard InChI is InChI=1S/C19H17ClN4O3/c1-23(2)18(26)12-3-6-14(7-4-12)22-17(25)10-24-11-21-16-8-5-13(20)9-15(16)19(24)27/h3-9,11H,10H2,1-2H3,(H,22,25). The van der Waals surface area contributed by atoms with Gasteiger partial charge in [-0.1, -0.05) is 11.6 Å². The van der Waals surface area contributed by atoms with E-state index in [4.69, 9.17) is 11.6 Å². The van der Waals surface area contributed by atoms with Crippen LogP contribution in [0.4, 0.5) is 5.69 Å². The summed E-state index contributed by atoms with van der Waals surface area (Å²) in [5, 5.41) is 3.47. The van der Waals surface area contributed by atoms with Gasteiger partial charge in [0.25, 0.3) is 11.5 Å². The fourth-order valence-corrected chi connectivity index (χ4v) is 2.73. The number of nitrogens with zero attached hydrogens (tertiary/aromatic N) is 3. The molecule has 8 heteroatoms. The number of anilines is 1. The van der Waals surface area contributed by atoms with Crippen molar-refractivity contribution in [3.8, 4) is 0 Å². The molecule has 0 unspecified atom stereocenters. The Kier molecular flexibility index (Phi) is 5.23. The van der Waals surface area contributed by atoms with E-state index in [0.29, 0.717) is 27.2 Å². The van der Waals surface area contributed by atoms with Gasteiger partial charge in [0.1, 0.15) is 6.54 Å². The molecule has 0 radical (unpaired) electrons. The van der Waals surface area contributed by atoms with Gasteiger partial charge in [-0.2, -0.15) is 0 Å². The van der Waals surface area contributed by atoms with Gasteiger partial charge < -0.3 is 10.2 Å². The third-order valence-electron chi connectivity index (χ3n) is 3.92. The smallest absolute Gasteiger partial charge is 0.261 e. The maximum absolute atomic E-state index is 12.5. The molecule has 1 heterocycles. The van der Waals surface area contributed by atoms with E-state index in [9.17, 15) is 14.4 Å². The molecule has 1 N–H and O–H groups in total. The van der Waals surface area contributed by atoms with Gasteiger partial charge in [-0.05, 0) is 42.5 Å². The first kappa shape index (κ1) is 18.6. The van der Waals surface area contributed by atoms with Gasteiger partial charge in [-0.3, -0.25) is 19.0 Å². The fourth-order valence-electron chi connectivity index (χ4n) is 2.55. The lowest BCUT2D eigenvalue weighted by Gasteiger charge is -2.11. The minimum atomic E-state index is -0.382. The third kappa shape index (κ3) is 4.15. The lowest BCUT2D eigenvalue weighted by atomic mass is 10.2. The van der Waals surface area contributed by atoms with E-state index in [1.165, 1.54) is 21.9 Å². The number of carbonyl (C=O) groups excluding carboxylic acids is 2. The zero-order valence-corrected chi connectivity index (χ0v) is 15.5. The van der Waals surface area contributed by atoms with Crippen molar-refractivity contribution in [1.82, 2.24) is 14.5 Å². The van der Waals surface area contributed by atoms with Crippen molar-refractivity contribution in [3.05, 3.63) is 69.7 Å². The van der Waals surface area contributed by atoms with Gasteiger partial charge in [-0.25, -0.2) is 4.98 Å². The SMILES string of the molecule is CN(C)C(=O)c1ccc(NC(=O)Cn2cnc3ccc(Cl)cc3c2=O)cc1. The average Bonchev–Trinajstić information content (AvgIpc) is 2.64. The van der Waals surface area contributed by atoms with Gasteiger partial charge in [0.2, 0.25) is 5.91 Å². The number of halogens is 1. The summed E-state index contributed by atoms with van der Waals surface area (Å²) in [6.45, 7) is -0.188. The molecule has 0 saturated carbocycles. The molecule has 0 aliphatic rings. The quantitative estimate of drug-likeness (QED) is 0.748. The van der Waals surface area contributed by atoms with E-state index in [-0.39, 0.29) is 23.9 Å². The molecule has 0 saturated heterocycles. The van der Waals surface area contributed by atoms with Gasteiger partial charge in [0.15, 0.2) is 0 Å². The monoisotopic (exact) mass is 384 g/mol. The Balaban J connectivity index is 1.74. The molecule has 0 fully saturated rings. The third-order valence-corrected chi connectivity index (χ3v) is 4.16. The molecule has 3 aromatic rings. The van der Waals surface area contributed by atoms with Crippen LogP contribution in [0.5, 0.6) is 0 Å². The highest BCUT2D eigenvalue weighted by Crippen LogP contribution is 2.14. The minimum Gasteiger partial charge on any atom is -0.345 e. The summed E-state index contributed by atoms with van der Waals surface area (Å²) < 4.78 is 1.22. The van der Waals surface area contributed by atoms with Crippen molar-refractivity contribution in [2.75, 3.05) is 19.4 Å². The number of nitrogens with one attached hydrogen (secondary N) is 1. The van der Waals surface area contributed by atoms with Crippen LogP contribution in [0.2, 0.25) is 5.02 Å². The Labute approximate surface area is 160 Å². The highest BCUT2D eigenvalue weighted by Gasteiger charge is 2.11. The number of fused-ring (bicyclic) bond motifs is 1. The number of hydrogen-bond acceptors (Lipinski definition) is 4. The van der Waals surface area contributed by atoms with Crippen molar-refractivity contribution < 1.29 is 9.59 Å². The van der Waals surface area contributed by atoms with Crippen molar-refractivity contribution in [2.24, 2.45) is 0 Å². The van der Waals surface area contributed by atoms with Crippen LogP contribution in [0.1, 0.15) is 10.4 Å². The lowest BCUT2D eigenvalue weighted by Crippen LogP contribution is -2.28. The molecule has 0 aliphatic heterocycles. The van der Waals surface area contributed by atoms with Crippen molar-refractivity contribution >= 4 is 40.0 Å². The summed E-state index contributed by atoms with van der Waals surface area (Å²) in [7, 11) is 3.33. The Bertz CT molecular complexity index is 1070. The highest BCUT2D eigenvalue weighted by atomic mass is 35.5. The summed E-state index contributed by atoms with van der Waals surface area (Å²) in [6.07, 6.45) is 1.33. The number of amides is 2. The Morgan fingerprint density at radius 3 is 2.52 bits per heavy atom. The molecule has 0 spiro atoms. The molecule has 138 valence electrons. The van der Waals surface area contributed by atoms with Gasteiger partial charge >= 0.3 is 0 Å². The second-order valence-corrected chi connectivity index (χ2v) is 6.60. The van der Waals surface area contributed by atoms with E-state index in [1.807, 2.05) is 0 Å². The number of hydrogen-bond donors (Lipinski definition) is 1. The molecule has 2 amide bonds. The second-order valence-electron chi connectivity index (χ2n) is 6.16. The summed E-state index contributed by atoms with van der Waals surface area (Å²) in [5.41, 5.74) is 1.22. The summed E-state index contributed by atoms with van der Waals surface area (Å²) in [5.74, 6) is -0.507. The molecule has 0 atom stereocenters. The van der Waals surface area contributed by atoms with Crippen molar-refractivity contribution in [2.45, 2.75) is 6.54 Å². The second kappa shape index (κ2) is 7.59. The van der Waals surface area contributed by atoms with Gasteiger partial charge in [-0.15, -0.1) is 0 Å². The van der Waals surface area contributed by atoms with Crippen LogP contribution in [0.3, 0.4) is 0 Å². The predicted octanol–water partition coefficient (Wildman–Crippen LogP) is 2.39. The number of carbonyl (C=O) groups is 2. The van der Waals surface area contributed by atoms with Crippen LogP contribution in [0.25, 0.3) is 10.9 Å². The normalized spacial score (nSPS) is 10.6. The van der Waals surface area contributed by atoms with Crippen molar-refractivity contribution in [1.29, 1.82) is 0 Å². The summed E-state index contributed by atoms with van der Waals surface area (Å²) in [4.78, 5) is 42.3. The average molecular weight is 385 g/mol. The molecule has 7 nitrogen and oxygen atoms in total. The van der Waals surface area contributed by atoms with Crippen LogP contribution in [-0.2, 0) is 11.3 Å². The molecule has 0 bridgehead atoms. The van der Waals surface area contributed by atoms with Crippen molar-refractivity contribution in [3.63, 3.8) is 0 Å². The Morgan fingerprint density at radius 2 is 1.85 bits per heavy atom. The van der Waals surface area contributed by atoms with Crippen LogP contribution in [-0.4, -0.2) is 40.4 Å². The zero-order valence-electron chi connectivity index (χ0n) is 14.8. The number of rotatable bonds is 4. The van der Waals surface area contributed by atoms with E-state index in [0.717, 1.165) is 0 Å². The van der Waals surface area contributed by atoms with Crippen LogP contribution < -0.4 is 10.9 Å².